The number of anilines is 1. The van der Waals surface area contributed by atoms with E-state index >= 15 is 0 Å². The van der Waals surface area contributed by atoms with Crippen molar-refractivity contribution in [1.82, 2.24) is 20.1 Å². The first-order valence-corrected chi connectivity index (χ1v) is 10.3. The third-order valence-electron chi connectivity index (χ3n) is 4.15. The molecule has 2 amide bonds. The number of amides is 2. The lowest BCUT2D eigenvalue weighted by Crippen LogP contribution is -2.24. The summed E-state index contributed by atoms with van der Waals surface area (Å²) in [5, 5.41) is 14.7. The van der Waals surface area contributed by atoms with Gasteiger partial charge in [0.25, 0.3) is 0 Å². The molecular formula is C21H23N5O2S. The lowest BCUT2D eigenvalue weighted by Gasteiger charge is -2.08. The van der Waals surface area contributed by atoms with Gasteiger partial charge in [-0.15, -0.1) is 10.2 Å². The smallest absolute Gasteiger partial charge is 0.232 e. The second-order valence-electron chi connectivity index (χ2n) is 6.29. The van der Waals surface area contributed by atoms with Gasteiger partial charge in [0.1, 0.15) is 5.82 Å². The van der Waals surface area contributed by atoms with Crippen LogP contribution in [0.15, 0.2) is 65.8 Å². The first kappa shape index (κ1) is 20.6. The summed E-state index contributed by atoms with van der Waals surface area (Å²) in [5.41, 5.74) is 1.79. The summed E-state index contributed by atoms with van der Waals surface area (Å²) >= 11 is 1.31. The summed E-state index contributed by atoms with van der Waals surface area (Å²) in [6.45, 7) is 3.07. The summed E-state index contributed by atoms with van der Waals surface area (Å²) < 4.78 is 1.86. The van der Waals surface area contributed by atoms with Crippen LogP contribution in [0.1, 0.15) is 18.3 Å². The van der Waals surface area contributed by atoms with Gasteiger partial charge in [-0.25, -0.2) is 0 Å². The number of nitrogens with one attached hydrogen (secondary N) is 2. The summed E-state index contributed by atoms with van der Waals surface area (Å²) in [5.74, 6) is 0.581. The Labute approximate surface area is 173 Å². The van der Waals surface area contributed by atoms with Crippen molar-refractivity contribution in [3.05, 3.63) is 72.1 Å². The number of nitrogens with zero attached hydrogens (tertiary/aromatic N) is 3. The van der Waals surface area contributed by atoms with Crippen LogP contribution in [0.25, 0.3) is 0 Å². The maximum Gasteiger partial charge on any atom is 0.232 e. The molecule has 0 aliphatic carbocycles. The molecule has 0 saturated carbocycles. The van der Waals surface area contributed by atoms with Crippen LogP contribution in [0.3, 0.4) is 0 Å². The lowest BCUT2D eigenvalue weighted by atomic mass is 10.2. The number of aromatic nitrogens is 3. The third kappa shape index (κ3) is 6.18. The zero-order valence-corrected chi connectivity index (χ0v) is 17.0. The molecule has 0 radical (unpaired) electrons. The molecule has 3 rings (SSSR count). The Morgan fingerprint density at radius 1 is 0.966 bits per heavy atom. The Kier molecular flexibility index (Phi) is 7.40. The van der Waals surface area contributed by atoms with E-state index in [1.807, 2.05) is 72.2 Å². The Hall–Kier alpha value is -3.13. The zero-order valence-electron chi connectivity index (χ0n) is 16.2. The molecule has 150 valence electrons. The third-order valence-corrected chi connectivity index (χ3v) is 5.12. The van der Waals surface area contributed by atoms with E-state index in [0.717, 1.165) is 11.3 Å². The van der Waals surface area contributed by atoms with Crippen molar-refractivity contribution in [2.24, 2.45) is 0 Å². The highest BCUT2D eigenvalue weighted by Crippen LogP contribution is 2.17. The van der Waals surface area contributed by atoms with Gasteiger partial charge < -0.3 is 15.2 Å². The molecule has 8 heteroatoms. The predicted octanol–water partition coefficient (Wildman–Crippen LogP) is 2.89. The lowest BCUT2D eigenvalue weighted by molar-refractivity contribution is -0.118. The minimum atomic E-state index is -0.157. The number of carbonyl (C=O) groups is 2. The van der Waals surface area contributed by atoms with Crippen molar-refractivity contribution in [2.45, 2.75) is 31.6 Å². The Bertz CT molecular complexity index is 944. The van der Waals surface area contributed by atoms with Crippen LogP contribution in [-0.2, 0) is 29.1 Å². The highest BCUT2D eigenvalue weighted by atomic mass is 32.2. The van der Waals surface area contributed by atoms with E-state index < -0.39 is 0 Å². The number of thioether (sulfide) groups is 1. The molecule has 0 saturated heterocycles. The number of carbonyl (C=O) groups excluding carboxylic acids is 2. The normalized spacial score (nSPS) is 10.5. The monoisotopic (exact) mass is 409 g/mol. The van der Waals surface area contributed by atoms with Crippen LogP contribution in [0, 0.1) is 0 Å². The molecular weight excluding hydrogens is 386 g/mol. The molecule has 3 aromatic rings. The van der Waals surface area contributed by atoms with Crippen molar-refractivity contribution >= 4 is 29.3 Å². The van der Waals surface area contributed by atoms with E-state index in [4.69, 9.17) is 0 Å². The van der Waals surface area contributed by atoms with Crippen molar-refractivity contribution in [1.29, 1.82) is 0 Å². The number of hydrogen-bond donors (Lipinski definition) is 2. The van der Waals surface area contributed by atoms with Gasteiger partial charge in [0.2, 0.25) is 11.8 Å². The number of hydrogen-bond acceptors (Lipinski definition) is 5. The topological polar surface area (TPSA) is 88.9 Å². The summed E-state index contributed by atoms with van der Waals surface area (Å²) in [6.07, 6.45) is 0.122. The van der Waals surface area contributed by atoms with E-state index in [9.17, 15) is 9.59 Å². The Balaban J connectivity index is 1.52. The molecule has 29 heavy (non-hydrogen) atoms. The molecule has 0 aliphatic heterocycles. The van der Waals surface area contributed by atoms with Crippen LogP contribution in [0.4, 0.5) is 5.69 Å². The predicted molar refractivity (Wildman–Crippen MR) is 113 cm³/mol. The highest BCUT2D eigenvalue weighted by Gasteiger charge is 2.16. The Morgan fingerprint density at radius 3 is 2.34 bits per heavy atom. The fourth-order valence-electron chi connectivity index (χ4n) is 2.72. The van der Waals surface area contributed by atoms with E-state index in [0.29, 0.717) is 24.1 Å². The van der Waals surface area contributed by atoms with Crippen molar-refractivity contribution in [3.8, 4) is 0 Å². The second-order valence-corrected chi connectivity index (χ2v) is 7.23. The standard InChI is InChI=1S/C21H23N5O2S/c1-2-26-18(13-19(27)23-17-11-7-4-8-12-17)24-25-21(26)29-15-20(28)22-14-16-9-5-3-6-10-16/h3-12H,2,13-15H2,1H3,(H,22,28)(H,23,27). The number of para-hydroxylation sites is 1. The minimum Gasteiger partial charge on any atom is -0.351 e. The highest BCUT2D eigenvalue weighted by molar-refractivity contribution is 7.99. The molecule has 0 atom stereocenters. The first-order valence-electron chi connectivity index (χ1n) is 9.36. The van der Waals surface area contributed by atoms with Gasteiger partial charge in [0, 0.05) is 18.8 Å². The second kappa shape index (κ2) is 10.4. The van der Waals surface area contributed by atoms with E-state index in [1.54, 1.807) is 0 Å². The van der Waals surface area contributed by atoms with Gasteiger partial charge in [-0.05, 0) is 24.6 Å². The summed E-state index contributed by atoms with van der Waals surface area (Å²) in [7, 11) is 0. The minimum absolute atomic E-state index is 0.0760. The molecule has 1 aromatic heterocycles. The molecule has 0 unspecified atom stereocenters. The average Bonchev–Trinajstić information content (AvgIpc) is 3.13. The van der Waals surface area contributed by atoms with Gasteiger partial charge in [-0.2, -0.15) is 0 Å². The van der Waals surface area contributed by atoms with Crippen molar-refractivity contribution in [3.63, 3.8) is 0 Å². The molecule has 2 aromatic carbocycles. The van der Waals surface area contributed by atoms with Gasteiger partial charge in [0.15, 0.2) is 5.16 Å². The average molecular weight is 410 g/mol. The maximum absolute atomic E-state index is 12.3. The van der Waals surface area contributed by atoms with Gasteiger partial charge >= 0.3 is 0 Å². The van der Waals surface area contributed by atoms with Gasteiger partial charge in [-0.1, -0.05) is 60.3 Å². The molecule has 2 N–H and O–H groups in total. The number of rotatable bonds is 9. The van der Waals surface area contributed by atoms with E-state index in [1.165, 1.54) is 11.8 Å². The van der Waals surface area contributed by atoms with Crippen LogP contribution in [0.2, 0.25) is 0 Å². The zero-order chi connectivity index (χ0) is 20.5. The van der Waals surface area contributed by atoms with E-state index in [2.05, 4.69) is 20.8 Å². The molecule has 1 heterocycles. The fourth-order valence-corrected chi connectivity index (χ4v) is 3.57. The van der Waals surface area contributed by atoms with Crippen LogP contribution in [0.5, 0.6) is 0 Å². The summed E-state index contributed by atoms with van der Waals surface area (Å²) in [6, 6.07) is 19.0. The number of benzene rings is 2. The summed E-state index contributed by atoms with van der Waals surface area (Å²) in [4.78, 5) is 24.4. The Morgan fingerprint density at radius 2 is 1.66 bits per heavy atom. The molecule has 0 bridgehead atoms. The van der Waals surface area contributed by atoms with E-state index in [-0.39, 0.29) is 24.0 Å². The fraction of sp³-hybridized carbons (Fsp3) is 0.238. The maximum atomic E-state index is 12.3. The quantitative estimate of drug-likeness (QED) is 0.531. The van der Waals surface area contributed by atoms with Crippen LogP contribution in [-0.4, -0.2) is 32.3 Å². The molecule has 0 fully saturated rings. The van der Waals surface area contributed by atoms with Crippen molar-refractivity contribution < 1.29 is 9.59 Å². The van der Waals surface area contributed by atoms with Gasteiger partial charge in [-0.3, -0.25) is 9.59 Å². The largest absolute Gasteiger partial charge is 0.351 e. The van der Waals surface area contributed by atoms with Gasteiger partial charge in [0.05, 0.1) is 12.2 Å². The van der Waals surface area contributed by atoms with Crippen LogP contribution < -0.4 is 10.6 Å². The van der Waals surface area contributed by atoms with Crippen LogP contribution >= 0.6 is 11.8 Å². The van der Waals surface area contributed by atoms with Crippen molar-refractivity contribution in [2.75, 3.05) is 11.1 Å². The SMILES string of the molecule is CCn1c(CC(=O)Nc2ccccc2)nnc1SCC(=O)NCc1ccccc1. The molecule has 0 spiro atoms. The molecule has 0 aliphatic rings. The molecule has 7 nitrogen and oxygen atoms in total. The first-order chi connectivity index (χ1) is 14.2.